The molecule has 2 aliphatic rings. The van der Waals surface area contributed by atoms with Gasteiger partial charge in [0.05, 0.1) is 24.0 Å². The van der Waals surface area contributed by atoms with Crippen molar-refractivity contribution in [3.05, 3.63) is 63.6 Å². The number of amidine groups is 1. The minimum Gasteiger partial charge on any atom is -0.315 e. The summed E-state index contributed by atoms with van der Waals surface area (Å²) in [4.78, 5) is 18.8. The van der Waals surface area contributed by atoms with Crippen molar-refractivity contribution < 1.29 is 13.2 Å². The average molecular weight is 469 g/mol. The predicted molar refractivity (Wildman–Crippen MR) is 120 cm³/mol. The van der Waals surface area contributed by atoms with Gasteiger partial charge >= 0.3 is 0 Å². The molecule has 2 saturated heterocycles. The highest BCUT2D eigenvalue weighted by molar-refractivity contribution is 8.16. The zero-order chi connectivity index (χ0) is 20.8. The number of aryl methyl sites for hydroxylation is 1. The normalized spacial score (nSPS) is 24.1. The Bertz CT molecular complexity index is 1100. The average Bonchev–Trinajstić information content (AvgIpc) is 3.10. The first-order chi connectivity index (χ1) is 13.7. The van der Waals surface area contributed by atoms with Crippen molar-refractivity contribution in [3.63, 3.8) is 0 Å². The zero-order valence-corrected chi connectivity index (χ0v) is 18.7. The summed E-state index contributed by atoms with van der Waals surface area (Å²) in [5.41, 5.74) is 2.55. The van der Waals surface area contributed by atoms with Gasteiger partial charge in [0.25, 0.3) is 5.91 Å². The quantitative estimate of drug-likeness (QED) is 0.676. The van der Waals surface area contributed by atoms with Gasteiger partial charge in [-0.25, -0.2) is 8.42 Å². The number of sulfone groups is 1. The molecule has 5 nitrogen and oxygen atoms in total. The van der Waals surface area contributed by atoms with Gasteiger partial charge in [0.1, 0.15) is 0 Å². The first kappa shape index (κ1) is 20.7. The maximum Gasteiger partial charge on any atom is 0.252 e. The fraction of sp³-hybridized carbons (Fsp3) is 0.300. The number of thioether (sulfide) groups is 1. The van der Waals surface area contributed by atoms with E-state index in [1.807, 2.05) is 17.9 Å². The Morgan fingerprint density at radius 1 is 1.14 bits per heavy atom. The van der Waals surface area contributed by atoms with Crippen LogP contribution in [0.15, 0.2) is 47.5 Å². The molecule has 0 bridgehead atoms. The Balaban J connectivity index is 1.67. The minimum atomic E-state index is -3.12. The van der Waals surface area contributed by atoms with E-state index in [2.05, 4.69) is 4.99 Å². The molecule has 2 heterocycles. The Labute approximate surface area is 184 Å². The highest BCUT2D eigenvalue weighted by Gasteiger charge is 2.49. The summed E-state index contributed by atoms with van der Waals surface area (Å²) in [6.07, 6.45) is 0.150. The van der Waals surface area contributed by atoms with Crippen molar-refractivity contribution in [3.8, 4) is 0 Å². The monoisotopic (exact) mass is 468 g/mol. The molecule has 0 aliphatic carbocycles. The molecule has 2 aromatic carbocycles. The lowest BCUT2D eigenvalue weighted by molar-refractivity contribution is -0.117. The number of carbonyl (C=O) groups excluding carboxylic acids is 1. The van der Waals surface area contributed by atoms with Gasteiger partial charge in [-0.05, 0) is 42.3 Å². The topological polar surface area (TPSA) is 66.8 Å². The van der Waals surface area contributed by atoms with E-state index < -0.39 is 9.84 Å². The minimum absolute atomic E-state index is 0.0427. The van der Waals surface area contributed by atoms with Crippen molar-refractivity contribution in [2.45, 2.75) is 24.6 Å². The Kier molecular flexibility index (Phi) is 5.68. The zero-order valence-electron chi connectivity index (χ0n) is 15.5. The van der Waals surface area contributed by atoms with Crippen molar-refractivity contribution >= 4 is 61.6 Å². The molecule has 29 heavy (non-hydrogen) atoms. The van der Waals surface area contributed by atoms with Crippen LogP contribution in [0.25, 0.3) is 0 Å². The Hall–Kier alpha value is -1.54. The van der Waals surface area contributed by atoms with Crippen molar-refractivity contribution in [2.24, 2.45) is 4.99 Å². The SMILES string of the molecule is Cc1ccc(Cl)cc1N1C(=NC(=O)Cc2ccc(Cl)cc2)S[C@@H]2CS(=O)(=O)C[C@@H]21. The molecule has 0 N–H and O–H groups in total. The number of benzene rings is 2. The van der Waals surface area contributed by atoms with E-state index in [1.54, 1.807) is 36.4 Å². The predicted octanol–water partition coefficient (Wildman–Crippen LogP) is 4.15. The molecule has 2 aromatic rings. The summed E-state index contributed by atoms with van der Waals surface area (Å²) in [5, 5.41) is 1.53. The molecule has 9 heteroatoms. The van der Waals surface area contributed by atoms with Crippen LogP contribution in [-0.4, -0.2) is 42.3 Å². The smallest absolute Gasteiger partial charge is 0.252 e. The van der Waals surface area contributed by atoms with Crippen LogP contribution in [0.5, 0.6) is 0 Å². The second kappa shape index (κ2) is 7.95. The number of rotatable bonds is 3. The molecule has 0 unspecified atom stereocenters. The second-order valence-electron chi connectivity index (χ2n) is 7.19. The van der Waals surface area contributed by atoms with Gasteiger partial charge in [0.15, 0.2) is 15.0 Å². The molecule has 0 aromatic heterocycles. The van der Waals surface area contributed by atoms with Gasteiger partial charge in [-0.3, -0.25) is 4.79 Å². The summed E-state index contributed by atoms with van der Waals surface area (Å²) in [6, 6.07) is 12.3. The van der Waals surface area contributed by atoms with Crippen molar-refractivity contribution in [2.75, 3.05) is 16.4 Å². The van der Waals surface area contributed by atoms with Crippen molar-refractivity contribution in [1.82, 2.24) is 0 Å². The molecular formula is C20H18Cl2N2O3S2. The molecular weight excluding hydrogens is 451 g/mol. The Morgan fingerprint density at radius 2 is 1.83 bits per heavy atom. The fourth-order valence-electron chi connectivity index (χ4n) is 3.61. The molecule has 0 spiro atoms. The third kappa shape index (κ3) is 4.48. The number of halogens is 2. The van der Waals surface area contributed by atoms with Gasteiger partial charge in [0.2, 0.25) is 0 Å². The first-order valence-electron chi connectivity index (χ1n) is 9.00. The lowest BCUT2D eigenvalue weighted by atomic mass is 10.1. The third-order valence-corrected chi connectivity index (χ3v) is 8.68. The molecule has 4 rings (SSSR count). The van der Waals surface area contributed by atoms with Crippen LogP contribution in [0, 0.1) is 6.92 Å². The lowest BCUT2D eigenvalue weighted by Crippen LogP contribution is -2.38. The van der Waals surface area contributed by atoms with Gasteiger partial charge < -0.3 is 4.90 Å². The van der Waals surface area contributed by atoms with E-state index in [1.165, 1.54) is 11.8 Å². The van der Waals surface area contributed by atoms with Gasteiger partial charge in [-0.2, -0.15) is 4.99 Å². The highest BCUT2D eigenvalue weighted by atomic mass is 35.5. The van der Waals surface area contributed by atoms with Crippen LogP contribution in [0.2, 0.25) is 10.0 Å². The first-order valence-corrected chi connectivity index (χ1v) is 12.5. The van der Waals surface area contributed by atoms with E-state index in [4.69, 9.17) is 23.2 Å². The number of aliphatic imine (C=N–C) groups is 1. The summed E-state index contributed by atoms with van der Waals surface area (Å²) < 4.78 is 24.4. The largest absolute Gasteiger partial charge is 0.315 e. The number of nitrogens with zero attached hydrogens (tertiary/aromatic N) is 2. The van der Waals surface area contributed by atoms with Crippen LogP contribution in [0.3, 0.4) is 0 Å². The van der Waals surface area contributed by atoms with Gasteiger partial charge in [0, 0.05) is 21.0 Å². The third-order valence-electron chi connectivity index (χ3n) is 4.99. The maximum absolute atomic E-state index is 12.6. The number of hydrogen-bond donors (Lipinski definition) is 0. The number of amides is 1. The summed E-state index contributed by atoms with van der Waals surface area (Å²) in [5.74, 6) is -0.161. The van der Waals surface area contributed by atoms with Gasteiger partial charge in [-0.1, -0.05) is 53.2 Å². The molecule has 0 radical (unpaired) electrons. The van der Waals surface area contributed by atoms with Crippen LogP contribution in [0.1, 0.15) is 11.1 Å². The molecule has 2 fully saturated rings. The lowest BCUT2D eigenvalue weighted by Gasteiger charge is -2.26. The fourth-order valence-corrected chi connectivity index (χ4v) is 7.83. The summed E-state index contributed by atoms with van der Waals surface area (Å²) in [6.45, 7) is 1.93. The van der Waals surface area contributed by atoms with E-state index in [-0.39, 0.29) is 35.1 Å². The number of carbonyl (C=O) groups is 1. The summed E-state index contributed by atoms with van der Waals surface area (Å²) >= 11 is 13.4. The van der Waals surface area contributed by atoms with Crippen LogP contribution in [0.4, 0.5) is 5.69 Å². The molecule has 1 amide bonds. The van der Waals surface area contributed by atoms with Crippen molar-refractivity contribution in [1.29, 1.82) is 0 Å². The van der Waals surface area contributed by atoms with E-state index >= 15 is 0 Å². The Morgan fingerprint density at radius 3 is 2.55 bits per heavy atom. The molecule has 152 valence electrons. The van der Waals surface area contributed by atoms with Crippen LogP contribution in [-0.2, 0) is 21.1 Å². The molecule has 0 saturated carbocycles. The van der Waals surface area contributed by atoms with Crippen LogP contribution < -0.4 is 4.90 Å². The number of anilines is 1. The van der Waals surface area contributed by atoms with E-state index in [9.17, 15) is 13.2 Å². The van der Waals surface area contributed by atoms with E-state index in [0.717, 1.165) is 16.8 Å². The maximum atomic E-state index is 12.6. The van der Waals surface area contributed by atoms with E-state index in [0.29, 0.717) is 15.2 Å². The standard InChI is InChI=1S/C20H18Cl2N2O3S2/c1-12-2-5-15(22)9-16(12)24-17-10-29(26,27)11-18(17)28-20(24)23-19(25)8-13-3-6-14(21)7-4-13/h2-7,9,17-18H,8,10-11H2,1H3/t17-,18+/m0/s1. The highest BCUT2D eigenvalue weighted by Crippen LogP contribution is 2.42. The van der Waals surface area contributed by atoms with Gasteiger partial charge in [-0.15, -0.1) is 0 Å². The molecule has 2 atom stereocenters. The number of hydrogen-bond acceptors (Lipinski definition) is 4. The van der Waals surface area contributed by atoms with Crippen LogP contribution >= 0.6 is 35.0 Å². The number of fused-ring (bicyclic) bond motifs is 1. The summed E-state index contributed by atoms with van der Waals surface area (Å²) in [7, 11) is -3.12. The molecule has 2 aliphatic heterocycles. The second-order valence-corrected chi connectivity index (χ2v) is 11.4.